The molecule has 4 aromatic rings. The molecule has 218 valence electrons. The van der Waals surface area contributed by atoms with Gasteiger partial charge in [-0.05, 0) is 38.4 Å². The maximum absolute atomic E-state index is 16.5. The molecule has 13 heteroatoms. The molecule has 0 spiro atoms. The summed E-state index contributed by atoms with van der Waals surface area (Å²) >= 11 is 0.947. The van der Waals surface area contributed by atoms with Crippen molar-refractivity contribution < 1.29 is 17.9 Å². The molecular formula is C29H29F3N8OS. The highest BCUT2D eigenvalue weighted by atomic mass is 32.1. The van der Waals surface area contributed by atoms with Crippen LogP contribution in [-0.4, -0.2) is 77.4 Å². The Morgan fingerprint density at radius 2 is 2.19 bits per heavy atom. The van der Waals surface area contributed by atoms with E-state index in [1.165, 1.54) is 18.3 Å². The number of ether oxygens (including phenoxy) is 1. The molecule has 0 bridgehead atoms. The topological polar surface area (TPSA) is 96.8 Å². The number of nitrogen functional groups attached to an aromatic ring is 1. The zero-order valence-electron chi connectivity index (χ0n) is 23.0. The predicted molar refractivity (Wildman–Crippen MR) is 157 cm³/mol. The largest absolute Gasteiger partial charge is 0.461 e. The number of anilines is 2. The zero-order chi connectivity index (χ0) is 29.2. The smallest absolute Gasteiger partial charge is 0.319 e. The molecule has 3 aliphatic heterocycles. The van der Waals surface area contributed by atoms with Crippen LogP contribution in [0.1, 0.15) is 25.7 Å². The minimum Gasteiger partial charge on any atom is -0.461 e. The molecule has 7 rings (SSSR count). The number of rotatable bonds is 6. The Kier molecular flexibility index (Phi) is 6.60. The monoisotopic (exact) mass is 594 g/mol. The van der Waals surface area contributed by atoms with Crippen molar-refractivity contribution in [1.29, 1.82) is 0 Å². The molecule has 3 aromatic heterocycles. The molecule has 0 radical (unpaired) electrons. The third-order valence-electron chi connectivity index (χ3n) is 8.95. The van der Waals surface area contributed by atoms with Crippen molar-refractivity contribution in [1.82, 2.24) is 25.2 Å². The van der Waals surface area contributed by atoms with Crippen molar-refractivity contribution in [2.24, 2.45) is 0 Å². The van der Waals surface area contributed by atoms with Gasteiger partial charge < -0.3 is 20.7 Å². The van der Waals surface area contributed by atoms with Crippen LogP contribution in [-0.2, 0) is 0 Å². The van der Waals surface area contributed by atoms with Gasteiger partial charge in [0, 0.05) is 49.7 Å². The van der Waals surface area contributed by atoms with Gasteiger partial charge in [0.15, 0.2) is 5.82 Å². The van der Waals surface area contributed by atoms with Gasteiger partial charge in [0.1, 0.15) is 35.6 Å². The van der Waals surface area contributed by atoms with Crippen LogP contribution >= 0.6 is 11.3 Å². The van der Waals surface area contributed by atoms with E-state index in [0.29, 0.717) is 24.2 Å². The lowest BCUT2D eigenvalue weighted by Crippen LogP contribution is -2.43. The number of hydrogen-bond donors (Lipinski definition) is 2. The Labute approximate surface area is 244 Å². The van der Waals surface area contributed by atoms with Gasteiger partial charge in [-0.25, -0.2) is 18.0 Å². The lowest BCUT2D eigenvalue weighted by atomic mass is 9.95. The van der Waals surface area contributed by atoms with Crippen LogP contribution in [0.4, 0.5) is 29.7 Å². The summed E-state index contributed by atoms with van der Waals surface area (Å²) in [6, 6.07) is 2.75. The number of pyridine rings is 1. The van der Waals surface area contributed by atoms with Crippen LogP contribution < -0.4 is 20.7 Å². The van der Waals surface area contributed by atoms with E-state index >= 15 is 4.39 Å². The van der Waals surface area contributed by atoms with Gasteiger partial charge in [0.2, 0.25) is 5.69 Å². The molecule has 3 atom stereocenters. The van der Waals surface area contributed by atoms with Crippen molar-refractivity contribution in [3.8, 4) is 17.3 Å². The minimum atomic E-state index is -0.909. The Bertz CT molecular complexity index is 1750. The SMILES string of the molecule is [C-]#[N+]c1c(N)sc2c(F)ccc(-c3ncc4c(N(C)[C@@H]5CCNC5)nc(OC[C@@]56CCCN5C[C@H](F)C6)nc4c3F)c12. The first-order valence-electron chi connectivity index (χ1n) is 14.0. The summed E-state index contributed by atoms with van der Waals surface area (Å²) in [6.45, 7) is 10.6. The second-order valence-electron chi connectivity index (χ2n) is 11.4. The van der Waals surface area contributed by atoms with E-state index in [9.17, 15) is 8.78 Å². The summed E-state index contributed by atoms with van der Waals surface area (Å²) < 4.78 is 51.9. The summed E-state index contributed by atoms with van der Waals surface area (Å²) in [6.07, 6.45) is 3.65. The Morgan fingerprint density at radius 3 is 2.98 bits per heavy atom. The van der Waals surface area contributed by atoms with E-state index in [1.807, 2.05) is 11.9 Å². The molecule has 6 heterocycles. The second-order valence-corrected chi connectivity index (χ2v) is 12.4. The van der Waals surface area contributed by atoms with Gasteiger partial charge in [-0.3, -0.25) is 9.88 Å². The van der Waals surface area contributed by atoms with Crippen LogP contribution in [0.25, 0.3) is 37.1 Å². The molecule has 9 nitrogen and oxygen atoms in total. The maximum atomic E-state index is 16.5. The fraction of sp³-hybridized carbons (Fsp3) is 0.448. The highest BCUT2D eigenvalue weighted by Gasteiger charge is 2.49. The summed E-state index contributed by atoms with van der Waals surface area (Å²) in [5.74, 6) is -0.808. The standard InChI is InChI=1S/C29H29F3N8OS/c1-34-24-20-17(4-5-19(31)25(20)42-26(24)33)22-21(32)23-18(12-36-22)27(39(2)16-6-8-35-11-16)38-28(37-23)41-14-29-7-3-9-40(29)13-15(30)10-29/h4-5,12,15-16,35H,3,6-11,13-14,33H2,2H3/t15-,16-,29+/m1/s1. The normalized spacial score (nSPS) is 24.0. The van der Waals surface area contributed by atoms with E-state index in [1.54, 1.807) is 0 Å². The van der Waals surface area contributed by atoms with Gasteiger partial charge >= 0.3 is 6.01 Å². The highest BCUT2D eigenvalue weighted by Crippen LogP contribution is 2.47. The number of fused-ring (bicyclic) bond motifs is 3. The predicted octanol–water partition coefficient (Wildman–Crippen LogP) is 5.07. The van der Waals surface area contributed by atoms with Crippen molar-refractivity contribution in [3.63, 3.8) is 0 Å². The number of nitrogens with zero attached hydrogens (tertiary/aromatic N) is 6. The number of likely N-dealkylation sites (N-methyl/N-ethyl adjacent to an activating group) is 1. The van der Waals surface area contributed by atoms with Gasteiger partial charge in [-0.15, -0.1) is 11.3 Å². The van der Waals surface area contributed by atoms with Crippen molar-refractivity contribution in [3.05, 3.63) is 41.4 Å². The molecule has 0 aliphatic carbocycles. The van der Waals surface area contributed by atoms with E-state index in [4.69, 9.17) is 22.0 Å². The molecule has 0 amide bonds. The first-order chi connectivity index (χ1) is 20.3. The van der Waals surface area contributed by atoms with Crippen LogP contribution in [0.15, 0.2) is 18.3 Å². The van der Waals surface area contributed by atoms with Crippen LogP contribution in [0, 0.1) is 18.2 Å². The summed E-state index contributed by atoms with van der Waals surface area (Å²) in [7, 11) is 1.90. The summed E-state index contributed by atoms with van der Waals surface area (Å²) in [5, 5.41) is 4.12. The lowest BCUT2D eigenvalue weighted by molar-refractivity contribution is 0.107. The number of halogens is 3. The van der Waals surface area contributed by atoms with E-state index in [-0.39, 0.29) is 56.2 Å². The molecule has 3 fully saturated rings. The van der Waals surface area contributed by atoms with Crippen molar-refractivity contribution in [2.45, 2.75) is 43.4 Å². The third kappa shape index (κ3) is 4.23. The van der Waals surface area contributed by atoms with Gasteiger partial charge in [-0.2, -0.15) is 9.97 Å². The van der Waals surface area contributed by atoms with E-state index < -0.39 is 23.3 Å². The van der Waals surface area contributed by atoms with Crippen LogP contribution in [0.5, 0.6) is 6.01 Å². The van der Waals surface area contributed by atoms with Crippen LogP contribution in [0.2, 0.25) is 0 Å². The fourth-order valence-corrected chi connectivity index (χ4v) is 7.75. The van der Waals surface area contributed by atoms with Gasteiger partial charge in [0.25, 0.3) is 0 Å². The molecule has 0 unspecified atom stereocenters. The summed E-state index contributed by atoms with van der Waals surface area (Å²) in [5.41, 5.74) is 5.84. The molecule has 0 saturated carbocycles. The second kappa shape index (κ2) is 10.2. The van der Waals surface area contributed by atoms with Crippen molar-refractivity contribution in [2.75, 3.05) is 50.5 Å². The van der Waals surface area contributed by atoms with Gasteiger partial charge in [-0.1, -0.05) is 6.07 Å². The van der Waals surface area contributed by atoms with Crippen molar-refractivity contribution >= 4 is 48.8 Å². The highest BCUT2D eigenvalue weighted by molar-refractivity contribution is 7.23. The Balaban J connectivity index is 1.36. The van der Waals surface area contributed by atoms with Crippen LogP contribution in [0.3, 0.4) is 0 Å². The number of hydrogen-bond acceptors (Lipinski definition) is 9. The van der Waals surface area contributed by atoms with E-state index in [0.717, 1.165) is 50.2 Å². The molecule has 3 N–H and O–H groups in total. The molecule has 3 aliphatic rings. The number of alkyl halides is 1. The number of aromatic nitrogens is 3. The quantitative estimate of drug-likeness (QED) is 0.299. The number of thiophene rings is 1. The Morgan fingerprint density at radius 1 is 1.33 bits per heavy atom. The molecular weight excluding hydrogens is 565 g/mol. The zero-order valence-corrected chi connectivity index (χ0v) is 23.8. The van der Waals surface area contributed by atoms with E-state index in [2.05, 4.69) is 25.0 Å². The number of nitrogens with one attached hydrogen (secondary N) is 1. The number of nitrogens with two attached hydrogens (primary N) is 1. The first kappa shape index (κ1) is 27.1. The number of benzene rings is 1. The van der Waals surface area contributed by atoms with Gasteiger partial charge in [0.05, 0.1) is 27.2 Å². The molecule has 3 saturated heterocycles. The third-order valence-corrected chi connectivity index (χ3v) is 9.97. The molecule has 1 aromatic carbocycles. The fourth-order valence-electron chi connectivity index (χ4n) is 6.82. The average molecular weight is 595 g/mol. The minimum absolute atomic E-state index is 0.000711. The summed E-state index contributed by atoms with van der Waals surface area (Å²) in [4.78, 5) is 21.3. The lowest BCUT2D eigenvalue weighted by Gasteiger charge is -2.31. The maximum Gasteiger partial charge on any atom is 0.319 e. The first-order valence-corrected chi connectivity index (χ1v) is 14.8. The Hall–Kier alpha value is -3.73. The average Bonchev–Trinajstić information content (AvgIpc) is 3.76. The molecule has 42 heavy (non-hydrogen) atoms.